The normalized spacial score (nSPS) is 16.3. The van der Waals surface area contributed by atoms with E-state index in [1.54, 1.807) is 0 Å². The van der Waals surface area contributed by atoms with E-state index in [2.05, 4.69) is 89.5 Å². The average molecular weight is 608 g/mol. The number of hydrogen-bond acceptors (Lipinski definition) is 6. The van der Waals surface area contributed by atoms with Gasteiger partial charge in [0, 0.05) is 32.8 Å². The van der Waals surface area contributed by atoms with Crippen LogP contribution in [-0.2, 0) is 0 Å². The molecule has 9 rings (SSSR count). The van der Waals surface area contributed by atoms with Gasteiger partial charge in [0.2, 0.25) is 5.89 Å². The quantitative estimate of drug-likeness (QED) is 0.191. The number of benzene rings is 6. The van der Waals surface area contributed by atoms with Crippen LogP contribution in [0.2, 0.25) is 0 Å². The zero-order chi connectivity index (χ0) is 31.2. The van der Waals surface area contributed by atoms with Crippen LogP contribution in [0.3, 0.4) is 0 Å². The third kappa shape index (κ3) is 4.92. The molecule has 224 valence electrons. The first-order valence-electron chi connectivity index (χ1n) is 15.8. The molecule has 1 aliphatic rings. The van der Waals surface area contributed by atoms with Gasteiger partial charge in [0.15, 0.2) is 5.58 Å². The molecule has 2 aromatic heterocycles. The molecule has 0 saturated carbocycles. The Kier molecular flexibility index (Phi) is 6.58. The summed E-state index contributed by atoms with van der Waals surface area (Å²) in [6.45, 7) is 0. The van der Waals surface area contributed by atoms with Crippen molar-refractivity contribution in [2.75, 3.05) is 0 Å². The molecule has 2 N–H and O–H groups in total. The van der Waals surface area contributed by atoms with Gasteiger partial charge in [0.05, 0.1) is 11.2 Å². The van der Waals surface area contributed by atoms with Crippen molar-refractivity contribution in [3.05, 3.63) is 168 Å². The Labute approximate surface area is 271 Å². The number of nitrogens with one attached hydrogen (secondary N) is 2. The topological polar surface area (TPSA) is 75.3 Å². The first kappa shape index (κ1) is 27.2. The van der Waals surface area contributed by atoms with Crippen molar-refractivity contribution in [1.82, 2.24) is 20.6 Å². The Balaban J connectivity index is 1.10. The summed E-state index contributed by atoms with van der Waals surface area (Å²) >= 11 is 0. The van der Waals surface area contributed by atoms with Gasteiger partial charge in [-0.25, -0.2) is 15.0 Å². The predicted molar refractivity (Wildman–Crippen MR) is 189 cm³/mol. The first-order chi connectivity index (χ1) is 23.3. The second-order valence-corrected chi connectivity index (χ2v) is 11.7. The maximum atomic E-state index is 6.41. The van der Waals surface area contributed by atoms with Crippen LogP contribution in [-0.4, -0.2) is 15.8 Å². The van der Waals surface area contributed by atoms with E-state index in [-0.39, 0.29) is 12.3 Å². The average Bonchev–Trinajstić information content (AvgIpc) is 3.60. The van der Waals surface area contributed by atoms with Gasteiger partial charge in [-0.05, 0) is 41.5 Å². The highest BCUT2D eigenvalue weighted by molar-refractivity contribution is 6.20. The van der Waals surface area contributed by atoms with Gasteiger partial charge < -0.3 is 9.73 Å². The summed E-state index contributed by atoms with van der Waals surface area (Å²) in [5.74, 6) is 1.44. The molecule has 47 heavy (non-hydrogen) atoms. The molecule has 0 amide bonds. The molecule has 6 aromatic carbocycles. The number of nitrogens with zero attached hydrogens (tertiary/aromatic N) is 3. The summed E-state index contributed by atoms with van der Waals surface area (Å²) in [6, 6.07) is 51.7. The third-order valence-electron chi connectivity index (χ3n) is 8.79. The van der Waals surface area contributed by atoms with Gasteiger partial charge >= 0.3 is 0 Å². The summed E-state index contributed by atoms with van der Waals surface area (Å²) in [4.78, 5) is 15.2. The van der Waals surface area contributed by atoms with E-state index in [0.29, 0.717) is 5.89 Å². The van der Waals surface area contributed by atoms with Crippen LogP contribution < -0.4 is 10.6 Å². The predicted octanol–water partition coefficient (Wildman–Crippen LogP) is 9.20. The minimum Gasteiger partial charge on any atom is -0.436 e. The molecule has 0 bridgehead atoms. The highest BCUT2D eigenvalue weighted by Crippen LogP contribution is 2.38. The molecule has 1 aliphatic heterocycles. The highest BCUT2D eigenvalue weighted by Gasteiger charge is 2.25. The number of rotatable bonds is 5. The van der Waals surface area contributed by atoms with Gasteiger partial charge in [0.25, 0.3) is 0 Å². The SMILES string of the molecule is c1ccc(C2=NC(c3ccccc3)NC(c3ccc(-c4nc5c(ccc6c(-c7ccccc7)nc7ccccc7c65)o4)cc3)N2)cc1. The lowest BCUT2D eigenvalue weighted by Crippen LogP contribution is -2.44. The molecule has 2 unspecified atom stereocenters. The van der Waals surface area contributed by atoms with Crippen LogP contribution in [0.15, 0.2) is 161 Å². The van der Waals surface area contributed by atoms with E-state index in [9.17, 15) is 0 Å². The molecular formula is C41H29N5O. The highest BCUT2D eigenvalue weighted by atomic mass is 16.3. The molecule has 6 heteroatoms. The zero-order valence-corrected chi connectivity index (χ0v) is 25.3. The van der Waals surface area contributed by atoms with Crippen molar-refractivity contribution in [1.29, 1.82) is 0 Å². The minimum absolute atomic E-state index is 0.148. The summed E-state index contributed by atoms with van der Waals surface area (Å²) in [5.41, 5.74) is 8.68. The van der Waals surface area contributed by atoms with Crippen molar-refractivity contribution in [2.45, 2.75) is 12.3 Å². The van der Waals surface area contributed by atoms with Crippen LogP contribution >= 0.6 is 0 Å². The van der Waals surface area contributed by atoms with Gasteiger partial charge in [0.1, 0.15) is 23.7 Å². The number of fused-ring (bicyclic) bond motifs is 5. The standard InChI is InChI=1S/C41H29N5O/c1-4-12-26(13-5-1)36-32-24-25-34-37(35(32)31-18-10-11-19-33(31)42-36)43-41(47-34)30-22-20-29(21-23-30)40-45-38(27-14-6-2-7-15-27)44-39(46-40)28-16-8-3-9-17-28/h1-25,38,40,45H,(H,44,46). The van der Waals surface area contributed by atoms with E-state index in [4.69, 9.17) is 19.4 Å². The zero-order valence-electron chi connectivity index (χ0n) is 25.3. The fourth-order valence-corrected chi connectivity index (χ4v) is 6.46. The number of pyridine rings is 1. The lowest BCUT2D eigenvalue weighted by Gasteiger charge is -2.32. The maximum absolute atomic E-state index is 6.41. The number of aromatic nitrogens is 2. The van der Waals surface area contributed by atoms with Gasteiger partial charge in [-0.2, -0.15) is 0 Å². The second kappa shape index (κ2) is 11.4. The second-order valence-electron chi connectivity index (χ2n) is 11.7. The van der Waals surface area contributed by atoms with Crippen molar-refractivity contribution in [2.24, 2.45) is 4.99 Å². The van der Waals surface area contributed by atoms with Gasteiger partial charge in [-0.3, -0.25) is 5.32 Å². The smallest absolute Gasteiger partial charge is 0.227 e. The Morgan fingerprint density at radius 1 is 0.532 bits per heavy atom. The van der Waals surface area contributed by atoms with Crippen LogP contribution in [0.1, 0.15) is 29.0 Å². The van der Waals surface area contributed by atoms with Crippen molar-refractivity contribution < 1.29 is 4.42 Å². The molecule has 0 aliphatic carbocycles. The van der Waals surface area contributed by atoms with E-state index in [1.807, 2.05) is 72.8 Å². The van der Waals surface area contributed by atoms with Gasteiger partial charge in [-0.15, -0.1) is 0 Å². The van der Waals surface area contributed by atoms with Crippen LogP contribution in [0.4, 0.5) is 0 Å². The molecular weight excluding hydrogens is 578 g/mol. The summed E-state index contributed by atoms with van der Waals surface area (Å²) in [7, 11) is 0. The van der Waals surface area contributed by atoms with Crippen molar-refractivity contribution >= 4 is 38.6 Å². The Morgan fingerprint density at radius 2 is 1.21 bits per heavy atom. The molecule has 8 aromatic rings. The Bertz CT molecular complexity index is 2400. The minimum atomic E-state index is -0.187. The Morgan fingerprint density at radius 3 is 1.98 bits per heavy atom. The molecule has 0 saturated heterocycles. The van der Waals surface area contributed by atoms with Crippen LogP contribution in [0, 0.1) is 0 Å². The summed E-state index contributed by atoms with van der Waals surface area (Å²) in [5, 5.41) is 10.5. The molecule has 0 spiro atoms. The number of aliphatic imine (C=N–C) groups is 1. The number of hydrogen-bond donors (Lipinski definition) is 2. The largest absolute Gasteiger partial charge is 0.436 e. The summed E-state index contributed by atoms with van der Waals surface area (Å²) < 4.78 is 6.41. The first-order valence-corrected chi connectivity index (χ1v) is 15.8. The number of para-hydroxylation sites is 1. The van der Waals surface area contributed by atoms with Gasteiger partial charge in [-0.1, -0.05) is 121 Å². The molecule has 0 radical (unpaired) electrons. The number of amidine groups is 1. The third-order valence-corrected chi connectivity index (χ3v) is 8.79. The molecule has 3 heterocycles. The monoisotopic (exact) mass is 607 g/mol. The molecule has 0 fully saturated rings. The van der Waals surface area contributed by atoms with Crippen LogP contribution in [0.25, 0.3) is 55.5 Å². The van der Waals surface area contributed by atoms with E-state index in [0.717, 1.165) is 72.1 Å². The van der Waals surface area contributed by atoms with E-state index >= 15 is 0 Å². The van der Waals surface area contributed by atoms with E-state index < -0.39 is 0 Å². The van der Waals surface area contributed by atoms with E-state index in [1.165, 1.54) is 0 Å². The number of oxazole rings is 1. The molecule has 6 nitrogen and oxygen atoms in total. The van der Waals surface area contributed by atoms with Crippen molar-refractivity contribution in [3.63, 3.8) is 0 Å². The lowest BCUT2D eigenvalue weighted by molar-refractivity contribution is 0.409. The van der Waals surface area contributed by atoms with Crippen molar-refractivity contribution in [3.8, 4) is 22.7 Å². The summed E-state index contributed by atoms with van der Waals surface area (Å²) in [6.07, 6.45) is -0.336. The maximum Gasteiger partial charge on any atom is 0.227 e. The van der Waals surface area contributed by atoms with Crippen LogP contribution in [0.5, 0.6) is 0 Å². The molecule has 2 atom stereocenters. The fraction of sp³-hybridized carbons (Fsp3) is 0.0488. The fourth-order valence-electron chi connectivity index (χ4n) is 6.46. The lowest BCUT2D eigenvalue weighted by atomic mass is 9.99. The Hall–Kier alpha value is -6.11.